The molecule has 0 aliphatic carbocycles. The summed E-state index contributed by atoms with van der Waals surface area (Å²) in [4.78, 5) is 19.2. The summed E-state index contributed by atoms with van der Waals surface area (Å²) >= 11 is 0. The molecule has 2 saturated heterocycles. The standard InChI is InChI=1S/C19H33N5O2/c1-15-12-16(2)24(20-15)14-19(26)23-6-4-17(5-7-23)18(25)13-22-10-8-21(3)9-11-22/h12,17-18,25H,4-11,13-14H2,1-3H3. The number of carbonyl (C=O) groups excluding carboxylic acids is 1. The number of amides is 1. The van der Waals surface area contributed by atoms with Crippen molar-refractivity contribution in [3.8, 4) is 0 Å². The van der Waals surface area contributed by atoms with Gasteiger partial charge in [0.15, 0.2) is 0 Å². The van der Waals surface area contributed by atoms with E-state index in [1.807, 2.05) is 24.8 Å². The van der Waals surface area contributed by atoms with Crippen LogP contribution in [0.2, 0.25) is 0 Å². The number of piperazine rings is 1. The molecular formula is C19H33N5O2. The third kappa shape index (κ3) is 4.84. The molecule has 0 spiro atoms. The van der Waals surface area contributed by atoms with E-state index in [0.29, 0.717) is 12.5 Å². The Balaban J connectivity index is 1.43. The summed E-state index contributed by atoms with van der Waals surface area (Å²) in [7, 11) is 2.15. The lowest BCUT2D eigenvalue weighted by molar-refractivity contribution is -0.134. The van der Waals surface area contributed by atoms with Gasteiger partial charge < -0.3 is 14.9 Å². The second-order valence-corrected chi connectivity index (χ2v) is 7.97. The Kier molecular flexibility index (Phi) is 6.32. The Labute approximate surface area is 156 Å². The average Bonchev–Trinajstić information content (AvgIpc) is 2.94. The van der Waals surface area contributed by atoms with Crippen LogP contribution in [-0.2, 0) is 11.3 Å². The minimum Gasteiger partial charge on any atom is -0.392 e. The van der Waals surface area contributed by atoms with Gasteiger partial charge in [0.05, 0.1) is 11.8 Å². The molecule has 2 aliphatic heterocycles. The number of likely N-dealkylation sites (N-methyl/N-ethyl adjacent to an activating group) is 1. The highest BCUT2D eigenvalue weighted by Crippen LogP contribution is 2.22. The van der Waals surface area contributed by atoms with Gasteiger partial charge in [0.1, 0.15) is 6.54 Å². The summed E-state index contributed by atoms with van der Waals surface area (Å²) < 4.78 is 1.78. The molecule has 0 aromatic carbocycles. The highest BCUT2D eigenvalue weighted by atomic mass is 16.3. The van der Waals surface area contributed by atoms with Crippen LogP contribution in [0.15, 0.2) is 6.07 Å². The first kappa shape index (κ1) is 19.3. The van der Waals surface area contributed by atoms with Crippen molar-refractivity contribution in [2.24, 2.45) is 5.92 Å². The molecule has 1 N–H and O–H groups in total. The third-order valence-corrected chi connectivity index (χ3v) is 5.87. The predicted octanol–water partition coefficient (Wildman–Crippen LogP) is 0.347. The lowest BCUT2D eigenvalue weighted by Gasteiger charge is -2.38. The molecule has 3 heterocycles. The van der Waals surface area contributed by atoms with Gasteiger partial charge >= 0.3 is 0 Å². The number of piperidine rings is 1. The number of hydrogen-bond donors (Lipinski definition) is 1. The van der Waals surface area contributed by atoms with Crippen LogP contribution in [0, 0.1) is 19.8 Å². The quantitative estimate of drug-likeness (QED) is 0.818. The van der Waals surface area contributed by atoms with Crippen molar-refractivity contribution in [1.82, 2.24) is 24.5 Å². The zero-order valence-corrected chi connectivity index (χ0v) is 16.4. The molecule has 1 atom stereocenters. The van der Waals surface area contributed by atoms with Gasteiger partial charge in [-0.25, -0.2) is 0 Å². The normalized spacial score (nSPS) is 21.9. The highest BCUT2D eigenvalue weighted by molar-refractivity contribution is 5.76. The molecule has 7 heteroatoms. The summed E-state index contributed by atoms with van der Waals surface area (Å²) in [6.07, 6.45) is 1.49. The van der Waals surface area contributed by atoms with E-state index in [2.05, 4.69) is 21.9 Å². The van der Waals surface area contributed by atoms with Crippen molar-refractivity contribution in [1.29, 1.82) is 0 Å². The predicted molar refractivity (Wildman–Crippen MR) is 101 cm³/mol. The van der Waals surface area contributed by atoms with Gasteiger partial charge in [-0.1, -0.05) is 0 Å². The molecule has 2 aliphatic rings. The van der Waals surface area contributed by atoms with Crippen LogP contribution in [0.5, 0.6) is 0 Å². The molecule has 7 nitrogen and oxygen atoms in total. The van der Waals surface area contributed by atoms with Crippen molar-refractivity contribution in [3.63, 3.8) is 0 Å². The van der Waals surface area contributed by atoms with E-state index in [9.17, 15) is 9.90 Å². The molecule has 0 saturated carbocycles. The molecule has 0 bridgehead atoms. The van der Waals surface area contributed by atoms with Crippen molar-refractivity contribution in [2.45, 2.75) is 39.3 Å². The number of aromatic nitrogens is 2. The summed E-state index contributed by atoms with van der Waals surface area (Å²) in [6.45, 7) is 10.7. The maximum Gasteiger partial charge on any atom is 0.244 e. The molecule has 26 heavy (non-hydrogen) atoms. The van der Waals surface area contributed by atoms with Crippen molar-refractivity contribution in [3.05, 3.63) is 17.5 Å². The number of carbonyl (C=O) groups is 1. The first-order valence-corrected chi connectivity index (χ1v) is 9.80. The topological polar surface area (TPSA) is 64.8 Å². The average molecular weight is 364 g/mol. The van der Waals surface area contributed by atoms with Gasteiger partial charge in [-0.15, -0.1) is 0 Å². The Morgan fingerprint density at radius 1 is 1.19 bits per heavy atom. The van der Waals surface area contributed by atoms with Gasteiger partial charge in [-0.05, 0) is 45.7 Å². The number of aliphatic hydroxyl groups excluding tert-OH is 1. The van der Waals surface area contributed by atoms with Gasteiger partial charge in [-0.2, -0.15) is 5.10 Å². The van der Waals surface area contributed by atoms with Crippen LogP contribution in [0.25, 0.3) is 0 Å². The van der Waals surface area contributed by atoms with Crippen LogP contribution in [-0.4, -0.2) is 94.5 Å². The summed E-state index contributed by atoms with van der Waals surface area (Å²) in [5, 5.41) is 15.0. The zero-order valence-electron chi connectivity index (χ0n) is 16.4. The molecule has 2 fully saturated rings. The lowest BCUT2D eigenvalue weighted by Crippen LogP contribution is -2.49. The van der Waals surface area contributed by atoms with Crippen molar-refractivity contribution >= 4 is 5.91 Å². The number of nitrogens with zero attached hydrogens (tertiary/aromatic N) is 5. The van der Waals surface area contributed by atoms with E-state index in [4.69, 9.17) is 0 Å². The SMILES string of the molecule is Cc1cc(C)n(CC(=O)N2CCC(C(O)CN3CCN(C)CC3)CC2)n1. The summed E-state index contributed by atoms with van der Waals surface area (Å²) in [5.74, 6) is 0.426. The summed E-state index contributed by atoms with van der Waals surface area (Å²) in [6, 6.07) is 1.99. The highest BCUT2D eigenvalue weighted by Gasteiger charge is 2.29. The van der Waals surface area contributed by atoms with Crippen LogP contribution in [0.1, 0.15) is 24.2 Å². The number of likely N-dealkylation sites (tertiary alicyclic amines) is 1. The van der Waals surface area contributed by atoms with Crippen LogP contribution in [0.4, 0.5) is 0 Å². The van der Waals surface area contributed by atoms with E-state index in [-0.39, 0.29) is 12.0 Å². The number of hydrogen-bond acceptors (Lipinski definition) is 5. The van der Waals surface area contributed by atoms with Gasteiger partial charge in [0.2, 0.25) is 5.91 Å². The van der Waals surface area contributed by atoms with E-state index < -0.39 is 0 Å². The fourth-order valence-corrected chi connectivity index (χ4v) is 4.04. The number of rotatable bonds is 5. The number of aryl methyl sites for hydroxylation is 2. The zero-order chi connectivity index (χ0) is 18.7. The number of β-amino-alcohol motifs (C(OH)–C–C–N with tert-alkyl or cyclic N) is 1. The van der Waals surface area contributed by atoms with E-state index in [0.717, 1.165) is 70.0 Å². The fraction of sp³-hybridized carbons (Fsp3) is 0.789. The first-order chi connectivity index (χ1) is 12.4. The molecule has 3 rings (SSSR count). The van der Waals surface area contributed by atoms with Crippen LogP contribution in [0.3, 0.4) is 0 Å². The largest absolute Gasteiger partial charge is 0.392 e. The second-order valence-electron chi connectivity index (χ2n) is 7.97. The van der Waals surface area contributed by atoms with E-state index in [1.165, 1.54) is 0 Å². The van der Waals surface area contributed by atoms with E-state index >= 15 is 0 Å². The molecule has 1 amide bonds. The van der Waals surface area contributed by atoms with Crippen LogP contribution < -0.4 is 0 Å². The molecule has 1 aromatic rings. The van der Waals surface area contributed by atoms with Crippen molar-refractivity contribution < 1.29 is 9.90 Å². The number of aliphatic hydroxyl groups is 1. The smallest absolute Gasteiger partial charge is 0.244 e. The summed E-state index contributed by atoms with van der Waals surface area (Å²) in [5.41, 5.74) is 1.97. The van der Waals surface area contributed by atoms with E-state index in [1.54, 1.807) is 4.68 Å². The minimum atomic E-state index is -0.285. The molecule has 1 unspecified atom stereocenters. The third-order valence-electron chi connectivity index (χ3n) is 5.87. The van der Waals surface area contributed by atoms with Crippen LogP contribution >= 0.6 is 0 Å². The lowest BCUT2D eigenvalue weighted by atomic mass is 9.90. The Bertz CT molecular complexity index is 601. The Morgan fingerprint density at radius 3 is 2.42 bits per heavy atom. The molecular weight excluding hydrogens is 330 g/mol. The molecule has 0 radical (unpaired) electrons. The van der Waals surface area contributed by atoms with Gasteiger partial charge in [0, 0.05) is 51.5 Å². The Hall–Kier alpha value is -1.44. The van der Waals surface area contributed by atoms with Gasteiger partial charge in [0.25, 0.3) is 0 Å². The molecule has 1 aromatic heterocycles. The monoisotopic (exact) mass is 363 g/mol. The second kappa shape index (κ2) is 8.50. The van der Waals surface area contributed by atoms with Gasteiger partial charge in [-0.3, -0.25) is 14.4 Å². The first-order valence-electron chi connectivity index (χ1n) is 9.80. The maximum absolute atomic E-state index is 12.5. The minimum absolute atomic E-state index is 0.128. The van der Waals surface area contributed by atoms with Crippen molar-refractivity contribution in [2.75, 3.05) is 52.9 Å². The maximum atomic E-state index is 12.5. The fourth-order valence-electron chi connectivity index (χ4n) is 4.04. The molecule has 146 valence electrons. The Morgan fingerprint density at radius 2 is 1.85 bits per heavy atom.